The Hall–Kier alpha value is -3.35. The Bertz CT molecular complexity index is 983. The van der Waals surface area contributed by atoms with Crippen LogP contribution in [0.1, 0.15) is 52.4 Å². The standard InChI is InChI=1S/C23H26N2O5/c1-14(5-7-19(26)25-12-16-8-10-24-11-9-16)4-6-17-21(27)20-18(13-30-23(20)28)15(2)22(17)29-3/h4,8-11,27H,5-7,12-13H2,1-3H3,(H,25,26)/b14-4+. The van der Waals surface area contributed by atoms with Crippen LogP contribution in [0.5, 0.6) is 11.5 Å². The van der Waals surface area contributed by atoms with E-state index in [1.165, 1.54) is 0 Å². The van der Waals surface area contributed by atoms with Gasteiger partial charge in [-0.15, -0.1) is 0 Å². The molecule has 0 atom stereocenters. The lowest BCUT2D eigenvalue weighted by Gasteiger charge is -2.15. The van der Waals surface area contributed by atoms with E-state index >= 15 is 0 Å². The summed E-state index contributed by atoms with van der Waals surface area (Å²) in [6.07, 6.45) is 6.68. The van der Waals surface area contributed by atoms with Crippen molar-refractivity contribution in [3.05, 3.63) is 64.0 Å². The molecule has 0 aliphatic carbocycles. The smallest absolute Gasteiger partial charge is 0.342 e. The molecule has 3 rings (SSSR count). The van der Waals surface area contributed by atoms with E-state index in [0.717, 1.165) is 16.7 Å². The summed E-state index contributed by atoms with van der Waals surface area (Å²) in [6.45, 7) is 4.41. The van der Waals surface area contributed by atoms with Crippen LogP contribution in [0, 0.1) is 6.92 Å². The van der Waals surface area contributed by atoms with Gasteiger partial charge in [0.25, 0.3) is 0 Å². The molecule has 0 bridgehead atoms. The molecule has 0 saturated heterocycles. The summed E-state index contributed by atoms with van der Waals surface area (Å²) < 4.78 is 10.6. The molecule has 7 heteroatoms. The third-order valence-electron chi connectivity index (χ3n) is 5.29. The molecule has 1 amide bonds. The summed E-state index contributed by atoms with van der Waals surface area (Å²) in [4.78, 5) is 28.0. The summed E-state index contributed by atoms with van der Waals surface area (Å²) in [7, 11) is 1.54. The van der Waals surface area contributed by atoms with Crippen LogP contribution in [0.4, 0.5) is 0 Å². The molecule has 30 heavy (non-hydrogen) atoms. The maximum atomic E-state index is 12.1. The maximum Gasteiger partial charge on any atom is 0.342 e. The number of phenolic OH excluding ortho intramolecular Hbond substituents is 1. The zero-order valence-electron chi connectivity index (χ0n) is 17.4. The fraction of sp³-hybridized carbons (Fsp3) is 0.348. The van der Waals surface area contributed by atoms with E-state index in [2.05, 4.69) is 10.3 Å². The third-order valence-corrected chi connectivity index (χ3v) is 5.29. The number of allylic oxidation sites excluding steroid dienone is 2. The van der Waals surface area contributed by atoms with Gasteiger partial charge in [-0.1, -0.05) is 11.6 Å². The number of hydrogen-bond acceptors (Lipinski definition) is 6. The molecule has 1 aromatic heterocycles. The van der Waals surface area contributed by atoms with Crippen LogP contribution in [-0.4, -0.2) is 29.1 Å². The Morgan fingerprint density at radius 2 is 2.07 bits per heavy atom. The van der Waals surface area contributed by atoms with Gasteiger partial charge in [-0.2, -0.15) is 0 Å². The first-order valence-corrected chi connectivity index (χ1v) is 9.82. The average molecular weight is 410 g/mol. The van der Waals surface area contributed by atoms with Crippen molar-refractivity contribution < 1.29 is 24.2 Å². The number of carbonyl (C=O) groups is 2. The minimum atomic E-state index is -0.513. The van der Waals surface area contributed by atoms with Crippen LogP contribution in [0.3, 0.4) is 0 Å². The quantitative estimate of drug-likeness (QED) is 0.512. The summed E-state index contributed by atoms with van der Waals surface area (Å²) in [5.41, 5.74) is 4.26. The van der Waals surface area contributed by atoms with Crippen LogP contribution in [-0.2, 0) is 29.1 Å². The number of ether oxygens (including phenoxy) is 2. The van der Waals surface area contributed by atoms with E-state index < -0.39 is 5.97 Å². The monoisotopic (exact) mass is 410 g/mol. The number of benzene rings is 1. The van der Waals surface area contributed by atoms with Gasteiger partial charge in [-0.25, -0.2) is 4.79 Å². The van der Waals surface area contributed by atoms with Gasteiger partial charge in [0.1, 0.15) is 23.7 Å². The molecule has 0 fully saturated rings. The minimum Gasteiger partial charge on any atom is -0.507 e. The molecular weight excluding hydrogens is 384 g/mol. The van der Waals surface area contributed by atoms with Gasteiger partial charge in [0, 0.05) is 36.5 Å². The highest BCUT2D eigenvalue weighted by molar-refractivity contribution is 5.98. The van der Waals surface area contributed by atoms with Crippen LogP contribution >= 0.6 is 0 Å². The second-order valence-electron chi connectivity index (χ2n) is 7.30. The van der Waals surface area contributed by atoms with E-state index in [4.69, 9.17) is 9.47 Å². The molecule has 0 unspecified atom stereocenters. The number of hydrogen-bond donors (Lipinski definition) is 2. The molecule has 2 aromatic rings. The van der Waals surface area contributed by atoms with Crippen molar-refractivity contribution in [2.75, 3.05) is 7.11 Å². The molecule has 0 spiro atoms. The number of aromatic hydroxyl groups is 1. The lowest BCUT2D eigenvalue weighted by atomic mass is 9.94. The van der Waals surface area contributed by atoms with E-state index in [1.807, 2.05) is 32.1 Å². The van der Waals surface area contributed by atoms with E-state index in [9.17, 15) is 14.7 Å². The van der Waals surface area contributed by atoms with Gasteiger partial charge < -0.3 is 19.9 Å². The summed E-state index contributed by atoms with van der Waals surface area (Å²) in [5, 5.41) is 13.5. The zero-order chi connectivity index (χ0) is 21.7. The largest absolute Gasteiger partial charge is 0.507 e. The number of nitrogens with zero attached hydrogens (tertiary/aromatic N) is 1. The Balaban J connectivity index is 1.63. The molecule has 1 aliphatic heterocycles. The highest BCUT2D eigenvalue weighted by Crippen LogP contribution is 2.42. The van der Waals surface area contributed by atoms with Crippen LogP contribution < -0.4 is 10.1 Å². The number of nitrogens with one attached hydrogen (secondary N) is 1. The summed E-state index contributed by atoms with van der Waals surface area (Å²) in [6, 6.07) is 3.72. The van der Waals surface area contributed by atoms with Gasteiger partial charge in [-0.3, -0.25) is 9.78 Å². The molecule has 2 N–H and O–H groups in total. The molecular formula is C23H26N2O5. The number of pyridine rings is 1. The third kappa shape index (κ3) is 4.62. The molecule has 2 heterocycles. The van der Waals surface area contributed by atoms with Crippen molar-refractivity contribution in [2.24, 2.45) is 0 Å². The van der Waals surface area contributed by atoms with Gasteiger partial charge >= 0.3 is 5.97 Å². The molecule has 1 aliphatic rings. The number of phenols is 1. The number of methoxy groups -OCH3 is 1. The maximum absolute atomic E-state index is 12.1. The lowest BCUT2D eigenvalue weighted by molar-refractivity contribution is -0.121. The normalized spacial score (nSPS) is 13.0. The second-order valence-corrected chi connectivity index (χ2v) is 7.30. The van der Waals surface area contributed by atoms with E-state index in [1.54, 1.807) is 19.5 Å². The average Bonchev–Trinajstić information content (AvgIpc) is 3.15. The van der Waals surface area contributed by atoms with Gasteiger partial charge in [0.15, 0.2) is 0 Å². The number of amides is 1. The number of cyclic esters (lactones) is 1. The first kappa shape index (κ1) is 21.4. The highest BCUT2D eigenvalue weighted by atomic mass is 16.5. The highest BCUT2D eigenvalue weighted by Gasteiger charge is 2.31. The fourth-order valence-corrected chi connectivity index (χ4v) is 3.51. The molecule has 0 saturated carbocycles. The molecule has 0 radical (unpaired) electrons. The Kier molecular flexibility index (Phi) is 6.72. The van der Waals surface area contributed by atoms with Gasteiger partial charge in [0.2, 0.25) is 5.91 Å². The number of carbonyl (C=O) groups excluding carboxylic acids is 2. The van der Waals surface area contributed by atoms with Crippen molar-refractivity contribution in [3.63, 3.8) is 0 Å². The predicted octanol–water partition coefficient (Wildman–Crippen LogP) is 3.36. The number of fused-ring (bicyclic) bond motifs is 1. The summed E-state index contributed by atoms with van der Waals surface area (Å²) >= 11 is 0. The van der Waals surface area contributed by atoms with Crippen molar-refractivity contribution in [2.45, 2.75) is 46.3 Å². The van der Waals surface area contributed by atoms with E-state index in [-0.39, 0.29) is 23.8 Å². The van der Waals surface area contributed by atoms with Crippen molar-refractivity contribution in [3.8, 4) is 11.5 Å². The lowest BCUT2D eigenvalue weighted by Crippen LogP contribution is -2.22. The number of aromatic nitrogens is 1. The first-order chi connectivity index (χ1) is 14.4. The SMILES string of the molecule is COc1c(C)c2c(c(O)c1C/C=C(\C)CCC(=O)NCc1ccncc1)C(=O)OC2. The van der Waals surface area contributed by atoms with Crippen molar-refractivity contribution >= 4 is 11.9 Å². The summed E-state index contributed by atoms with van der Waals surface area (Å²) in [5.74, 6) is -0.0741. The Labute approximate surface area is 175 Å². The topological polar surface area (TPSA) is 97.8 Å². The number of esters is 1. The van der Waals surface area contributed by atoms with Crippen molar-refractivity contribution in [1.29, 1.82) is 0 Å². The van der Waals surface area contributed by atoms with E-state index in [0.29, 0.717) is 42.7 Å². The van der Waals surface area contributed by atoms with Crippen LogP contribution in [0.2, 0.25) is 0 Å². The fourth-order valence-electron chi connectivity index (χ4n) is 3.51. The second kappa shape index (κ2) is 9.43. The Morgan fingerprint density at radius 3 is 2.77 bits per heavy atom. The molecule has 7 nitrogen and oxygen atoms in total. The molecule has 158 valence electrons. The number of rotatable bonds is 8. The molecule has 1 aromatic carbocycles. The first-order valence-electron chi connectivity index (χ1n) is 9.82. The predicted molar refractivity (Wildman–Crippen MR) is 111 cm³/mol. The Morgan fingerprint density at radius 1 is 1.33 bits per heavy atom. The zero-order valence-corrected chi connectivity index (χ0v) is 17.4. The van der Waals surface area contributed by atoms with Gasteiger partial charge in [0.05, 0.1) is 7.11 Å². The van der Waals surface area contributed by atoms with Crippen LogP contribution in [0.15, 0.2) is 36.2 Å². The van der Waals surface area contributed by atoms with Crippen LogP contribution in [0.25, 0.3) is 0 Å². The van der Waals surface area contributed by atoms with Gasteiger partial charge in [-0.05, 0) is 49.9 Å². The minimum absolute atomic E-state index is 0.0314. The van der Waals surface area contributed by atoms with Crippen molar-refractivity contribution in [1.82, 2.24) is 10.3 Å².